The van der Waals surface area contributed by atoms with Gasteiger partial charge in [0.05, 0.1) is 4.83 Å². The number of aryl methyl sites for hydroxylation is 1. The third-order valence-electron chi connectivity index (χ3n) is 3.70. The van der Waals surface area contributed by atoms with E-state index in [0.717, 1.165) is 5.56 Å². The Labute approximate surface area is 127 Å². The van der Waals surface area contributed by atoms with Crippen LogP contribution in [0.4, 0.5) is 8.78 Å². The summed E-state index contributed by atoms with van der Waals surface area (Å²) in [5.74, 6) is -0.760. The van der Waals surface area contributed by atoms with E-state index in [-0.39, 0.29) is 21.9 Å². The van der Waals surface area contributed by atoms with E-state index in [2.05, 4.69) is 15.9 Å². The molecule has 0 spiro atoms. The second-order valence-electron chi connectivity index (χ2n) is 5.57. The van der Waals surface area contributed by atoms with Crippen LogP contribution in [-0.4, -0.2) is 0 Å². The molecule has 0 aliphatic heterocycles. The SMILES string of the molecule is Cc1cc(F)c(C(Br)C(C)(C)c2ccccc2)cc1F. The molecule has 2 aromatic carbocycles. The number of hydrogen-bond acceptors (Lipinski definition) is 0. The van der Waals surface area contributed by atoms with Crippen LogP contribution < -0.4 is 0 Å². The minimum atomic E-state index is -0.380. The molecule has 0 aromatic heterocycles. The first-order chi connectivity index (χ1) is 9.34. The lowest BCUT2D eigenvalue weighted by atomic mass is 9.79. The van der Waals surface area contributed by atoms with Gasteiger partial charge in [-0.3, -0.25) is 0 Å². The van der Waals surface area contributed by atoms with Crippen molar-refractivity contribution in [1.82, 2.24) is 0 Å². The van der Waals surface area contributed by atoms with Crippen molar-refractivity contribution in [1.29, 1.82) is 0 Å². The van der Waals surface area contributed by atoms with Crippen LogP contribution in [0, 0.1) is 18.6 Å². The Balaban J connectivity index is 2.45. The molecule has 0 N–H and O–H groups in total. The zero-order valence-corrected chi connectivity index (χ0v) is 13.3. The maximum Gasteiger partial charge on any atom is 0.128 e. The summed E-state index contributed by atoms with van der Waals surface area (Å²) in [5, 5.41) is 0. The second-order valence-corrected chi connectivity index (χ2v) is 6.49. The van der Waals surface area contributed by atoms with Crippen LogP contribution in [0.1, 0.15) is 35.4 Å². The summed E-state index contributed by atoms with van der Waals surface area (Å²) in [7, 11) is 0. The van der Waals surface area contributed by atoms with Gasteiger partial charge in [0, 0.05) is 11.0 Å². The van der Waals surface area contributed by atoms with Gasteiger partial charge in [0.25, 0.3) is 0 Å². The zero-order chi connectivity index (χ0) is 14.9. The minimum absolute atomic E-state index is 0.313. The van der Waals surface area contributed by atoms with E-state index in [1.807, 2.05) is 44.2 Å². The Morgan fingerprint density at radius 3 is 2.20 bits per heavy atom. The zero-order valence-electron chi connectivity index (χ0n) is 11.8. The van der Waals surface area contributed by atoms with Crippen molar-refractivity contribution in [3.8, 4) is 0 Å². The van der Waals surface area contributed by atoms with Crippen LogP contribution >= 0.6 is 15.9 Å². The monoisotopic (exact) mass is 338 g/mol. The highest BCUT2D eigenvalue weighted by Gasteiger charge is 2.32. The number of hydrogen-bond donors (Lipinski definition) is 0. The van der Waals surface area contributed by atoms with Crippen molar-refractivity contribution < 1.29 is 8.78 Å². The molecule has 0 saturated heterocycles. The van der Waals surface area contributed by atoms with Crippen molar-refractivity contribution >= 4 is 15.9 Å². The van der Waals surface area contributed by atoms with E-state index in [1.165, 1.54) is 12.1 Å². The molecule has 106 valence electrons. The third-order valence-corrected chi connectivity index (χ3v) is 5.34. The van der Waals surface area contributed by atoms with Crippen molar-refractivity contribution in [3.05, 3.63) is 70.8 Å². The Hall–Kier alpha value is -1.22. The van der Waals surface area contributed by atoms with Crippen LogP contribution in [0.25, 0.3) is 0 Å². The van der Waals surface area contributed by atoms with Gasteiger partial charge in [-0.15, -0.1) is 0 Å². The van der Waals surface area contributed by atoms with Crippen molar-refractivity contribution in [2.45, 2.75) is 31.0 Å². The highest BCUT2D eigenvalue weighted by atomic mass is 79.9. The number of benzene rings is 2. The lowest BCUT2D eigenvalue weighted by molar-refractivity contribution is 0.491. The summed E-state index contributed by atoms with van der Waals surface area (Å²) >= 11 is 3.55. The molecule has 0 saturated carbocycles. The molecular weight excluding hydrogens is 322 g/mol. The number of rotatable bonds is 3. The second kappa shape index (κ2) is 5.65. The summed E-state index contributed by atoms with van der Waals surface area (Å²) in [6.07, 6.45) is 0. The maximum atomic E-state index is 14.1. The molecule has 0 radical (unpaired) electrons. The molecule has 20 heavy (non-hydrogen) atoms. The highest BCUT2D eigenvalue weighted by Crippen LogP contribution is 2.44. The van der Waals surface area contributed by atoms with Gasteiger partial charge in [-0.2, -0.15) is 0 Å². The molecule has 1 atom stereocenters. The molecule has 1 unspecified atom stereocenters. The smallest absolute Gasteiger partial charge is 0.128 e. The van der Waals surface area contributed by atoms with E-state index in [0.29, 0.717) is 11.1 Å². The molecule has 2 rings (SSSR count). The van der Waals surface area contributed by atoms with E-state index < -0.39 is 0 Å². The predicted molar refractivity (Wildman–Crippen MR) is 82.2 cm³/mol. The van der Waals surface area contributed by atoms with Gasteiger partial charge in [0.2, 0.25) is 0 Å². The van der Waals surface area contributed by atoms with Gasteiger partial charge < -0.3 is 0 Å². The Bertz CT molecular complexity index is 606. The number of alkyl halides is 1. The predicted octanol–water partition coefficient (Wildman–Crippen LogP) is 5.69. The largest absolute Gasteiger partial charge is 0.207 e. The summed E-state index contributed by atoms with van der Waals surface area (Å²) in [6.45, 7) is 5.59. The maximum absolute atomic E-state index is 14.1. The van der Waals surface area contributed by atoms with Gasteiger partial charge in [-0.05, 0) is 30.2 Å². The van der Waals surface area contributed by atoms with Gasteiger partial charge in [0.15, 0.2) is 0 Å². The standard InChI is InChI=1S/C17H17BrF2/c1-11-9-15(20)13(10-14(11)19)16(18)17(2,3)12-7-5-4-6-8-12/h4-10,16H,1-3H3. The summed E-state index contributed by atoms with van der Waals surface area (Å²) in [5.41, 5.74) is 1.39. The van der Waals surface area contributed by atoms with Gasteiger partial charge in [0.1, 0.15) is 11.6 Å². The first-order valence-corrected chi connectivity index (χ1v) is 7.40. The summed E-state index contributed by atoms with van der Waals surface area (Å²) < 4.78 is 27.9. The van der Waals surface area contributed by atoms with Gasteiger partial charge >= 0.3 is 0 Å². The Kier molecular flexibility index (Phi) is 4.28. The molecule has 0 bridgehead atoms. The highest BCUT2D eigenvalue weighted by molar-refractivity contribution is 9.09. The van der Waals surface area contributed by atoms with E-state index in [1.54, 1.807) is 6.92 Å². The first-order valence-electron chi connectivity index (χ1n) is 6.49. The lowest BCUT2D eigenvalue weighted by Gasteiger charge is -2.31. The fourth-order valence-corrected chi connectivity index (χ4v) is 2.87. The summed E-state index contributed by atoms with van der Waals surface area (Å²) in [6, 6.07) is 12.4. The Morgan fingerprint density at radius 2 is 1.60 bits per heavy atom. The van der Waals surface area contributed by atoms with Crippen molar-refractivity contribution in [2.75, 3.05) is 0 Å². The van der Waals surface area contributed by atoms with Crippen LogP contribution in [-0.2, 0) is 5.41 Å². The topological polar surface area (TPSA) is 0 Å². The average molecular weight is 339 g/mol. The normalized spacial score (nSPS) is 13.3. The van der Waals surface area contributed by atoms with Crippen molar-refractivity contribution in [2.24, 2.45) is 0 Å². The number of halogens is 3. The molecule has 0 aliphatic rings. The van der Waals surface area contributed by atoms with E-state index in [9.17, 15) is 8.78 Å². The fourth-order valence-electron chi connectivity index (χ4n) is 2.26. The minimum Gasteiger partial charge on any atom is -0.207 e. The van der Waals surface area contributed by atoms with E-state index >= 15 is 0 Å². The van der Waals surface area contributed by atoms with Crippen LogP contribution in [0.3, 0.4) is 0 Å². The van der Waals surface area contributed by atoms with Crippen molar-refractivity contribution in [3.63, 3.8) is 0 Å². The molecule has 3 heteroatoms. The molecule has 0 nitrogen and oxygen atoms in total. The quantitative estimate of drug-likeness (QED) is 0.631. The lowest BCUT2D eigenvalue weighted by Crippen LogP contribution is -2.24. The first kappa shape index (κ1) is 15.2. The Morgan fingerprint density at radius 1 is 1.00 bits per heavy atom. The van der Waals surface area contributed by atoms with E-state index in [4.69, 9.17) is 0 Å². The van der Waals surface area contributed by atoms with Crippen LogP contribution in [0.5, 0.6) is 0 Å². The summed E-state index contributed by atoms with van der Waals surface area (Å²) in [4.78, 5) is -0.313. The van der Waals surface area contributed by atoms with Gasteiger partial charge in [-0.1, -0.05) is 60.1 Å². The molecule has 0 aliphatic carbocycles. The van der Waals surface area contributed by atoms with Gasteiger partial charge in [-0.25, -0.2) is 8.78 Å². The fraction of sp³-hybridized carbons (Fsp3) is 0.294. The molecule has 0 amide bonds. The van der Waals surface area contributed by atoms with Crippen LogP contribution in [0.15, 0.2) is 42.5 Å². The van der Waals surface area contributed by atoms with Crippen LogP contribution in [0.2, 0.25) is 0 Å². The molecular formula is C17H17BrF2. The molecule has 0 heterocycles. The average Bonchev–Trinajstić information content (AvgIpc) is 2.43. The third kappa shape index (κ3) is 2.78. The molecule has 2 aromatic rings. The molecule has 0 fully saturated rings.